The zero-order valence-electron chi connectivity index (χ0n) is 11.4. The van der Waals surface area contributed by atoms with Gasteiger partial charge in [-0.3, -0.25) is 4.79 Å². The monoisotopic (exact) mass is 251 g/mol. The van der Waals surface area contributed by atoms with Gasteiger partial charge in [0.2, 0.25) is 11.9 Å². The van der Waals surface area contributed by atoms with Gasteiger partial charge in [-0.1, -0.05) is 0 Å². The molecular formula is C12H21N5O. The Kier molecular flexibility index (Phi) is 5.35. The third-order valence-electron chi connectivity index (χ3n) is 2.56. The summed E-state index contributed by atoms with van der Waals surface area (Å²) in [6.07, 6.45) is 1.76. The van der Waals surface area contributed by atoms with Crippen LogP contribution in [0.4, 0.5) is 11.8 Å². The molecule has 1 aromatic rings. The molecule has 6 nitrogen and oxygen atoms in total. The van der Waals surface area contributed by atoms with Crippen molar-refractivity contribution in [2.75, 3.05) is 36.9 Å². The lowest BCUT2D eigenvalue weighted by atomic mass is 10.3. The maximum atomic E-state index is 11.6. The number of likely N-dealkylation sites (N-methyl/N-ethyl adjacent to an activating group) is 2. The van der Waals surface area contributed by atoms with E-state index in [2.05, 4.69) is 20.6 Å². The Morgan fingerprint density at radius 3 is 2.72 bits per heavy atom. The smallest absolute Gasteiger partial charge is 0.239 e. The molecule has 1 amide bonds. The second-order valence-corrected chi connectivity index (χ2v) is 3.92. The van der Waals surface area contributed by atoms with E-state index in [4.69, 9.17) is 0 Å². The summed E-state index contributed by atoms with van der Waals surface area (Å²) < 4.78 is 0. The van der Waals surface area contributed by atoms with Crippen molar-refractivity contribution in [2.45, 2.75) is 20.8 Å². The number of amides is 1. The molecule has 0 aliphatic carbocycles. The Morgan fingerprint density at radius 1 is 1.44 bits per heavy atom. The molecule has 0 fully saturated rings. The first kappa shape index (κ1) is 14.2. The maximum absolute atomic E-state index is 11.6. The topological polar surface area (TPSA) is 70.2 Å². The van der Waals surface area contributed by atoms with E-state index in [1.807, 2.05) is 25.7 Å². The number of rotatable bonds is 6. The minimum absolute atomic E-state index is 0.00312. The highest BCUT2D eigenvalue weighted by Gasteiger charge is 2.13. The van der Waals surface area contributed by atoms with Crippen LogP contribution in [-0.2, 0) is 4.79 Å². The quantitative estimate of drug-likeness (QED) is 0.782. The van der Waals surface area contributed by atoms with Crippen molar-refractivity contribution in [2.24, 2.45) is 0 Å². The molecule has 1 heterocycles. The number of carbonyl (C=O) groups excluding carboxylic acids is 1. The van der Waals surface area contributed by atoms with Gasteiger partial charge < -0.3 is 15.5 Å². The van der Waals surface area contributed by atoms with E-state index in [9.17, 15) is 4.79 Å². The van der Waals surface area contributed by atoms with Gasteiger partial charge in [0, 0.05) is 31.9 Å². The molecule has 0 aliphatic rings. The predicted molar refractivity (Wildman–Crippen MR) is 72.9 cm³/mol. The summed E-state index contributed by atoms with van der Waals surface area (Å²) in [7, 11) is 1.77. The van der Waals surface area contributed by atoms with E-state index in [-0.39, 0.29) is 5.91 Å². The van der Waals surface area contributed by atoms with Crippen LogP contribution >= 0.6 is 0 Å². The molecule has 0 saturated carbocycles. The molecule has 1 rings (SSSR count). The molecule has 0 aromatic carbocycles. The van der Waals surface area contributed by atoms with Crippen LogP contribution in [0.15, 0.2) is 6.20 Å². The molecule has 0 aliphatic heterocycles. The number of carbonyl (C=O) groups is 1. The Morgan fingerprint density at radius 2 is 2.17 bits per heavy atom. The number of anilines is 2. The number of hydrogen-bond donors (Lipinski definition) is 2. The Bertz CT molecular complexity index is 407. The molecule has 2 N–H and O–H groups in total. The van der Waals surface area contributed by atoms with Crippen LogP contribution in [-0.4, -0.2) is 42.6 Å². The fourth-order valence-corrected chi connectivity index (χ4v) is 1.64. The summed E-state index contributed by atoms with van der Waals surface area (Å²) >= 11 is 0. The molecule has 18 heavy (non-hydrogen) atoms. The number of aryl methyl sites for hydroxylation is 1. The third-order valence-corrected chi connectivity index (χ3v) is 2.56. The molecule has 6 heteroatoms. The van der Waals surface area contributed by atoms with Crippen molar-refractivity contribution in [3.8, 4) is 0 Å². The number of nitrogens with zero attached hydrogens (tertiary/aromatic N) is 3. The Hall–Kier alpha value is -1.85. The van der Waals surface area contributed by atoms with Crippen molar-refractivity contribution >= 4 is 17.7 Å². The van der Waals surface area contributed by atoms with Gasteiger partial charge in [-0.2, -0.15) is 4.98 Å². The van der Waals surface area contributed by atoms with Gasteiger partial charge in [0.25, 0.3) is 0 Å². The Labute approximate surface area is 108 Å². The van der Waals surface area contributed by atoms with Crippen LogP contribution in [0.3, 0.4) is 0 Å². The SMILES string of the molecule is CCNC(=O)CN(CC)c1nc(NC)ncc1C. The first-order chi connectivity index (χ1) is 8.62. The average molecular weight is 251 g/mol. The second-order valence-electron chi connectivity index (χ2n) is 3.92. The van der Waals surface area contributed by atoms with Gasteiger partial charge >= 0.3 is 0 Å². The van der Waals surface area contributed by atoms with E-state index in [0.717, 1.165) is 17.9 Å². The van der Waals surface area contributed by atoms with Crippen molar-refractivity contribution in [1.82, 2.24) is 15.3 Å². The molecule has 100 valence electrons. The standard InChI is InChI=1S/C12H21N5O/c1-5-14-10(18)8-17(6-2)11-9(3)7-15-12(13-4)16-11/h7H,5-6,8H2,1-4H3,(H,14,18)(H,13,15,16). The summed E-state index contributed by atoms with van der Waals surface area (Å²) in [5, 5.41) is 5.69. The van der Waals surface area contributed by atoms with Crippen LogP contribution in [0.1, 0.15) is 19.4 Å². The van der Waals surface area contributed by atoms with Crippen molar-refractivity contribution < 1.29 is 4.79 Å². The Balaban J connectivity index is 2.90. The molecule has 0 radical (unpaired) electrons. The van der Waals surface area contributed by atoms with Crippen LogP contribution in [0.5, 0.6) is 0 Å². The molecule has 0 unspecified atom stereocenters. The normalized spacial score (nSPS) is 10.0. The van der Waals surface area contributed by atoms with Gasteiger partial charge in [0.15, 0.2) is 0 Å². The van der Waals surface area contributed by atoms with Crippen LogP contribution in [0, 0.1) is 6.92 Å². The minimum Gasteiger partial charge on any atom is -0.357 e. The van der Waals surface area contributed by atoms with Crippen LogP contribution in [0.25, 0.3) is 0 Å². The fraction of sp³-hybridized carbons (Fsp3) is 0.583. The zero-order valence-corrected chi connectivity index (χ0v) is 11.4. The zero-order chi connectivity index (χ0) is 13.5. The minimum atomic E-state index is 0.00312. The van der Waals surface area contributed by atoms with Gasteiger partial charge in [-0.05, 0) is 20.8 Å². The predicted octanol–water partition coefficient (Wildman–Crippen LogP) is 0.789. The highest BCUT2D eigenvalue weighted by atomic mass is 16.2. The second kappa shape index (κ2) is 6.78. The van der Waals surface area contributed by atoms with Gasteiger partial charge in [0.05, 0.1) is 6.54 Å². The molecule has 0 spiro atoms. The largest absolute Gasteiger partial charge is 0.357 e. The fourth-order valence-electron chi connectivity index (χ4n) is 1.64. The third kappa shape index (κ3) is 3.58. The summed E-state index contributed by atoms with van der Waals surface area (Å²) in [6.45, 7) is 7.52. The lowest BCUT2D eigenvalue weighted by Gasteiger charge is -2.23. The average Bonchev–Trinajstić information content (AvgIpc) is 2.37. The van der Waals surface area contributed by atoms with Crippen molar-refractivity contribution in [1.29, 1.82) is 0 Å². The molecule has 0 bridgehead atoms. The summed E-state index contributed by atoms with van der Waals surface area (Å²) in [5.74, 6) is 1.36. The summed E-state index contributed by atoms with van der Waals surface area (Å²) in [5.41, 5.74) is 0.958. The number of hydrogen-bond acceptors (Lipinski definition) is 5. The van der Waals surface area contributed by atoms with Crippen LogP contribution < -0.4 is 15.5 Å². The lowest BCUT2D eigenvalue weighted by Crippen LogP contribution is -2.38. The number of aromatic nitrogens is 2. The van der Waals surface area contributed by atoms with E-state index in [0.29, 0.717) is 19.0 Å². The highest BCUT2D eigenvalue weighted by Crippen LogP contribution is 2.17. The molecular weight excluding hydrogens is 230 g/mol. The highest BCUT2D eigenvalue weighted by molar-refractivity contribution is 5.81. The summed E-state index contributed by atoms with van der Waals surface area (Å²) in [6, 6.07) is 0. The maximum Gasteiger partial charge on any atom is 0.239 e. The van der Waals surface area contributed by atoms with Crippen molar-refractivity contribution in [3.63, 3.8) is 0 Å². The van der Waals surface area contributed by atoms with Gasteiger partial charge in [-0.25, -0.2) is 4.98 Å². The van der Waals surface area contributed by atoms with E-state index < -0.39 is 0 Å². The van der Waals surface area contributed by atoms with Gasteiger partial charge in [-0.15, -0.1) is 0 Å². The first-order valence-corrected chi connectivity index (χ1v) is 6.15. The molecule has 0 saturated heterocycles. The van der Waals surface area contributed by atoms with Gasteiger partial charge in [0.1, 0.15) is 5.82 Å². The van der Waals surface area contributed by atoms with E-state index >= 15 is 0 Å². The molecule has 1 aromatic heterocycles. The van der Waals surface area contributed by atoms with Crippen LogP contribution in [0.2, 0.25) is 0 Å². The lowest BCUT2D eigenvalue weighted by molar-refractivity contribution is -0.119. The number of nitrogens with one attached hydrogen (secondary N) is 2. The van der Waals surface area contributed by atoms with E-state index in [1.165, 1.54) is 0 Å². The van der Waals surface area contributed by atoms with Crippen molar-refractivity contribution in [3.05, 3.63) is 11.8 Å². The summed E-state index contributed by atoms with van der Waals surface area (Å²) in [4.78, 5) is 22.1. The van der Waals surface area contributed by atoms with E-state index in [1.54, 1.807) is 13.2 Å². The molecule has 0 atom stereocenters. The first-order valence-electron chi connectivity index (χ1n) is 6.15.